The van der Waals surface area contributed by atoms with E-state index in [1.54, 1.807) is 0 Å². The summed E-state index contributed by atoms with van der Waals surface area (Å²) in [5.41, 5.74) is 6.63. The highest BCUT2D eigenvalue weighted by molar-refractivity contribution is 5.49. The Hall–Kier alpha value is -2.35. The molecule has 2 aromatic rings. The molecule has 1 aliphatic carbocycles. The summed E-state index contributed by atoms with van der Waals surface area (Å²) in [6.07, 6.45) is 9.15. The smallest absolute Gasteiger partial charge is 0.0762 e. The number of fused-ring (bicyclic) bond motifs is 1. The average molecular weight is 290 g/mol. The summed E-state index contributed by atoms with van der Waals surface area (Å²) in [5, 5.41) is 7.23. The third-order valence-electron chi connectivity index (χ3n) is 4.27. The zero-order valence-electron chi connectivity index (χ0n) is 12.6. The molecule has 0 N–H and O–H groups in total. The Kier molecular flexibility index (Phi) is 3.30. The molecule has 1 aliphatic heterocycles. The summed E-state index contributed by atoms with van der Waals surface area (Å²) < 4.78 is 7.60. The lowest BCUT2D eigenvalue weighted by atomic mass is 10.0. The summed E-state index contributed by atoms with van der Waals surface area (Å²) in [7, 11) is 0. The Morgan fingerprint density at radius 1 is 1.18 bits per heavy atom. The lowest BCUT2D eigenvalue weighted by Gasteiger charge is -2.04. The molecule has 1 unspecified atom stereocenters. The fourth-order valence-electron chi connectivity index (χ4n) is 3.04. The van der Waals surface area contributed by atoms with Crippen LogP contribution in [0.5, 0.6) is 0 Å². The monoisotopic (exact) mass is 290 g/mol. The van der Waals surface area contributed by atoms with Crippen LogP contribution in [0.4, 0.5) is 0 Å². The minimum atomic E-state index is 0.386. The highest BCUT2D eigenvalue weighted by atomic mass is 16.5. The van der Waals surface area contributed by atoms with Crippen LogP contribution >= 0.6 is 0 Å². The van der Waals surface area contributed by atoms with Crippen LogP contribution in [0.1, 0.15) is 23.6 Å². The second-order valence-electron chi connectivity index (χ2n) is 5.83. The molecule has 22 heavy (non-hydrogen) atoms. The molecule has 0 bridgehead atoms. The number of rotatable bonds is 2. The standard InChI is InChI=1S/C19H18N2O/c1-14-7-9-16(10-8-14)21-18-6-4-2-3-5-17(18)19(20-21)15-11-12-22-13-15/h3-10,15H,11-13H2,1H3. The van der Waals surface area contributed by atoms with E-state index in [0.717, 1.165) is 36.4 Å². The molecular weight excluding hydrogens is 272 g/mol. The van der Waals surface area contributed by atoms with E-state index in [9.17, 15) is 0 Å². The van der Waals surface area contributed by atoms with E-state index >= 15 is 0 Å². The molecule has 3 heteroatoms. The molecule has 2 aliphatic rings. The molecule has 0 radical (unpaired) electrons. The van der Waals surface area contributed by atoms with Gasteiger partial charge in [-0.25, -0.2) is 4.68 Å². The Morgan fingerprint density at radius 2 is 2.00 bits per heavy atom. The first-order valence-corrected chi connectivity index (χ1v) is 7.70. The highest BCUT2D eigenvalue weighted by Crippen LogP contribution is 2.21. The molecule has 0 spiro atoms. The lowest BCUT2D eigenvalue weighted by molar-refractivity contribution is 0.193. The van der Waals surface area contributed by atoms with E-state index in [0.29, 0.717) is 5.92 Å². The van der Waals surface area contributed by atoms with E-state index in [1.807, 2.05) is 16.8 Å². The maximum atomic E-state index is 5.56. The maximum Gasteiger partial charge on any atom is 0.0762 e. The molecule has 0 amide bonds. The van der Waals surface area contributed by atoms with Gasteiger partial charge in [-0.3, -0.25) is 0 Å². The molecule has 1 saturated heterocycles. The predicted octanol–water partition coefficient (Wildman–Crippen LogP) is 1.97. The van der Waals surface area contributed by atoms with Crippen LogP contribution in [-0.2, 0) is 4.74 Å². The number of aryl methyl sites for hydroxylation is 1. The summed E-state index contributed by atoms with van der Waals surface area (Å²) in [6, 6.07) is 8.48. The van der Waals surface area contributed by atoms with Crippen molar-refractivity contribution in [3.05, 3.63) is 64.0 Å². The maximum absolute atomic E-state index is 5.56. The third-order valence-corrected chi connectivity index (χ3v) is 4.27. The van der Waals surface area contributed by atoms with Crippen LogP contribution in [-0.4, -0.2) is 23.0 Å². The van der Waals surface area contributed by atoms with Gasteiger partial charge in [-0.2, -0.15) is 5.10 Å². The van der Waals surface area contributed by atoms with Crippen LogP contribution in [0.15, 0.2) is 42.1 Å². The summed E-state index contributed by atoms with van der Waals surface area (Å²) >= 11 is 0. The van der Waals surface area contributed by atoms with Gasteiger partial charge >= 0.3 is 0 Å². The van der Waals surface area contributed by atoms with Crippen LogP contribution in [0, 0.1) is 6.92 Å². The largest absolute Gasteiger partial charge is 0.381 e. The van der Waals surface area contributed by atoms with Crippen molar-refractivity contribution in [3.8, 4) is 5.69 Å². The molecule has 4 rings (SSSR count). The molecule has 1 fully saturated rings. The van der Waals surface area contributed by atoms with E-state index < -0.39 is 0 Å². The van der Waals surface area contributed by atoms with E-state index in [-0.39, 0.29) is 0 Å². The molecule has 2 heterocycles. The Bertz CT molecular complexity index is 875. The molecule has 1 aromatic heterocycles. The number of hydrogen-bond acceptors (Lipinski definition) is 2. The third kappa shape index (κ3) is 2.25. The van der Waals surface area contributed by atoms with Crippen LogP contribution in [0.3, 0.4) is 0 Å². The van der Waals surface area contributed by atoms with Gasteiger partial charge in [0.25, 0.3) is 0 Å². The first-order valence-electron chi connectivity index (χ1n) is 7.70. The number of ether oxygens (including phenoxy) is 1. The van der Waals surface area contributed by atoms with Gasteiger partial charge in [0.1, 0.15) is 0 Å². The zero-order valence-corrected chi connectivity index (χ0v) is 12.6. The Morgan fingerprint density at radius 3 is 2.77 bits per heavy atom. The second-order valence-corrected chi connectivity index (χ2v) is 5.83. The number of benzene rings is 1. The van der Waals surface area contributed by atoms with Crippen LogP contribution in [0.2, 0.25) is 0 Å². The fraction of sp³-hybridized carbons (Fsp3) is 0.263. The molecule has 3 nitrogen and oxygen atoms in total. The van der Waals surface area contributed by atoms with Crippen LogP contribution < -0.4 is 10.6 Å². The number of allylic oxidation sites excluding steroid dienone is 1. The molecule has 1 atom stereocenters. The lowest BCUT2D eigenvalue weighted by Crippen LogP contribution is -2.30. The van der Waals surface area contributed by atoms with Gasteiger partial charge in [0.05, 0.1) is 23.3 Å². The van der Waals surface area contributed by atoms with Gasteiger partial charge < -0.3 is 4.74 Å². The first kappa shape index (κ1) is 13.3. The van der Waals surface area contributed by atoms with Crippen molar-refractivity contribution in [1.82, 2.24) is 9.78 Å². The number of aromatic nitrogens is 2. The molecule has 110 valence electrons. The molecule has 1 aromatic carbocycles. The van der Waals surface area contributed by atoms with Gasteiger partial charge in [-0.05, 0) is 49.8 Å². The SMILES string of the molecule is Cc1ccc(-n2nc(C3CCOC3)c3c2=CC=C=CC=3)cc1. The van der Waals surface area contributed by atoms with Crippen molar-refractivity contribution >= 4 is 12.2 Å². The average Bonchev–Trinajstić information content (AvgIpc) is 3.10. The minimum Gasteiger partial charge on any atom is -0.381 e. The minimum absolute atomic E-state index is 0.386. The highest BCUT2D eigenvalue weighted by Gasteiger charge is 2.23. The van der Waals surface area contributed by atoms with Crippen molar-refractivity contribution in [2.45, 2.75) is 19.3 Å². The van der Waals surface area contributed by atoms with Gasteiger partial charge in [-0.1, -0.05) is 17.7 Å². The van der Waals surface area contributed by atoms with Gasteiger partial charge in [0, 0.05) is 17.7 Å². The van der Waals surface area contributed by atoms with E-state index in [4.69, 9.17) is 9.84 Å². The van der Waals surface area contributed by atoms with Crippen molar-refractivity contribution in [2.24, 2.45) is 0 Å². The quantitative estimate of drug-likeness (QED) is 0.791. The zero-order chi connectivity index (χ0) is 14.9. The van der Waals surface area contributed by atoms with Crippen molar-refractivity contribution in [3.63, 3.8) is 0 Å². The van der Waals surface area contributed by atoms with E-state index in [2.05, 4.69) is 49.1 Å². The van der Waals surface area contributed by atoms with E-state index in [1.165, 1.54) is 10.8 Å². The van der Waals surface area contributed by atoms with Crippen molar-refractivity contribution in [1.29, 1.82) is 0 Å². The van der Waals surface area contributed by atoms with Crippen LogP contribution in [0.25, 0.3) is 17.8 Å². The van der Waals surface area contributed by atoms with Gasteiger partial charge in [0.2, 0.25) is 0 Å². The van der Waals surface area contributed by atoms with Crippen molar-refractivity contribution in [2.75, 3.05) is 13.2 Å². The normalized spacial score (nSPS) is 19.4. The molecule has 0 saturated carbocycles. The molecular formula is C19H18N2O. The predicted molar refractivity (Wildman–Crippen MR) is 87.3 cm³/mol. The number of nitrogens with zero attached hydrogens (tertiary/aromatic N) is 2. The first-order chi connectivity index (χ1) is 10.8. The summed E-state index contributed by atoms with van der Waals surface area (Å²) in [6.45, 7) is 3.69. The summed E-state index contributed by atoms with van der Waals surface area (Å²) in [4.78, 5) is 0. The fourth-order valence-corrected chi connectivity index (χ4v) is 3.04. The Balaban J connectivity index is 1.95. The topological polar surface area (TPSA) is 27.1 Å². The van der Waals surface area contributed by atoms with Gasteiger partial charge in [-0.15, -0.1) is 5.73 Å². The Labute approximate surface area is 129 Å². The summed E-state index contributed by atoms with van der Waals surface area (Å²) in [5.74, 6) is 0.386. The van der Waals surface area contributed by atoms with Gasteiger partial charge in [0.15, 0.2) is 0 Å². The van der Waals surface area contributed by atoms with Crippen molar-refractivity contribution < 1.29 is 4.74 Å². The number of hydrogen-bond donors (Lipinski definition) is 0. The second kappa shape index (κ2) is 5.45.